The Labute approximate surface area is 180 Å². The van der Waals surface area contributed by atoms with Gasteiger partial charge in [-0.2, -0.15) is 0 Å². The Hall–Kier alpha value is -2.91. The van der Waals surface area contributed by atoms with E-state index in [1.54, 1.807) is 0 Å². The minimum Gasteiger partial charge on any atom is -0.341 e. The van der Waals surface area contributed by atoms with Gasteiger partial charge in [-0.15, -0.1) is 0 Å². The summed E-state index contributed by atoms with van der Waals surface area (Å²) < 4.78 is 0. The highest BCUT2D eigenvalue weighted by Crippen LogP contribution is 2.27. The third-order valence-electron chi connectivity index (χ3n) is 5.94. The van der Waals surface area contributed by atoms with Crippen LogP contribution in [0.5, 0.6) is 0 Å². The van der Waals surface area contributed by atoms with E-state index in [1.807, 2.05) is 36.4 Å². The Kier molecular flexibility index (Phi) is 6.60. The summed E-state index contributed by atoms with van der Waals surface area (Å²) in [4.78, 5) is 18.2. The van der Waals surface area contributed by atoms with Gasteiger partial charge in [0.15, 0.2) is 0 Å². The maximum absolute atomic E-state index is 13.7. The van der Waals surface area contributed by atoms with Crippen molar-refractivity contribution in [3.05, 3.63) is 107 Å². The van der Waals surface area contributed by atoms with E-state index in [2.05, 4.69) is 65.3 Å². The molecular formula is C27H30N2O. The molecule has 4 rings (SSSR count). The fraction of sp³-hybridized carbons (Fsp3) is 0.296. The predicted molar refractivity (Wildman–Crippen MR) is 122 cm³/mol. The summed E-state index contributed by atoms with van der Waals surface area (Å²) in [7, 11) is 0. The zero-order chi connectivity index (χ0) is 20.8. The van der Waals surface area contributed by atoms with E-state index in [0.29, 0.717) is 0 Å². The van der Waals surface area contributed by atoms with Crippen molar-refractivity contribution in [1.82, 2.24) is 9.80 Å². The van der Waals surface area contributed by atoms with E-state index in [-0.39, 0.29) is 11.8 Å². The molecule has 0 spiro atoms. The van der Waals surface area contributed by atoms with Crippen LogP contribution in [-0.2, 0) is 11.3 Å². The lowest BCUT2D eigenvalue weighted by Gasteiger charge is -2.27. The van der Waals surface area contributed by atoms with Crippen molar-refractivity contribution in [2.24, 2.45) is 0 Å². The zero-order valence-electron chi connectivity index (χ0n) is 17.7. The highest BCUT2D eigenvalue weighted by molar-refractivity contribution is 5.87. The number of aryl methyl sites for hydroxylation is 1. The van der Waals surface area contributed by atoms with Crippen LogP contribution in [0, 0.1) is 6.92 Å². The molecule has 0 radical (unpaired) electrons. The number of hydrogen-bond acceptors (Lipinski definition) is 2. The van der Waals surface area contributed by atoms with Crippen LogP contribution in [0.25, 0.3) is 0 Å². The van der Waals surface area contributed by atoms with Gasteiger partial charge in [0.05, 0.1) is 5.92 Å². The summed E-state index contributed by atoms with van der Waals surface area (Å²) in [6, 6.07) is 29.1. The van der Waals surface area contributed by atoms with Gasteiger partial charge in [-0.25, -0.2) is 0 Å². The number of hydrogen-bond donors (Lipinski definition) is 0. The van der Waals surface area contributed by atoms with Crippen molar-refractivity contribution in [3.8, 4) is 0 Å². The maximum Gasteiger partial charge on any atom is 0.234 e. The molecule has 30 heavy (non-hydrogen) atoms. The maximum atomic E-state index is 13.7. The molecule has 3 heteroatoms. The van der Waals surface area contributed by atoms with Crippen molar-refractivity contribution in [3.63, 3.8) is 0 Å². The first-order valence-corrected chi connectivity index (χ1v) is 10.9. The van der Waals surface area contributed by atoms with Crippen LogP contribution in [0.4, 0.5) is 0 Å². The third kappa shape index (κ3) is 4.98. The summed E-state index contributed by atoms with van der Waals surface area (Å²) in [5.74, 6) is -0.0272. The summed E-state index contributed by atoms with van der Waals surface area (Å²) in [5, 5.41) is 0. The Morgan fingerprint density at radius 1 is 0.767 bits per heavy atom. The Balaban J connectivity index is 1.48. The van der Waals surface area contributed by atoms with Gasteiger partial charge in [0.2, 0.25) is 5.91 Å². The minimum atomic E-state index is -0.240. The molecule has 0 N–H and O–H groups in total. The van der Waals surface area contributed by atoms with E-state index in [9.17, 15) is 4.79 Å². The Bertz CT molecular complexity index is 898. The van der Waals surface area contributed by atoms with Crippen LogP contribution in [0.3, 0.4) is 0 Å². The van der Waals surface area contributed by atoms with E-state index in [0.717, 1.165) is 50.3 Å². The molecule has 3 aromatic rings. The van der Waals surface area contributed by atoms with E-state index in [4.69, 9.17) is 0 Å². The average Bonchev–Trinajstić information content (AvgIpc) is 3.03. The first-order valence-electron chi connectivity index (χ1n) is 10.9. The second-order valence-corrected chi connectivity index (χ2v) is 8.19. The molecule has 154 valence electrons. The topological polar surface area (TPSA) is 23.6 Å². The number of nitrogens with zero attached hydrogens (tertiary/aromatic N) is 2. The molecule has 3 nitrogen and oxygen atoms in total. The van der Waals surface area contributed by atoms with Crippen molar-refractivity contribution in [1.29, 1.82) is 0 Å². The molecule has 1 heterocycles. The Morgan fingerprint density at radius 2 is 1.37 bits per heavy atom. The lowest BCUT2D eigenvalue weighted by molar-refractivity contribution is -0.131. The molecule has 0 atom stereocenters. The van der Waals surface area contributed by atoms with Gasteiger partial charge in [-0.3, -0.25) is 9.69 Å². The van der Waals surface area contributed by atoms with Gasteiger partial charge < -0.3 is 4.90 Å². The van der Waals surface area contributed by atoms with Crippen LogP contribution >= 0.6 is 0 Å². The molecule has 1 aliphatic rings. The number of carbonyl (C=O) groups excluding carboxylic acids is 1. The van der Waals surface area contributed by atoms with Gasteiger partial charge in [-0.1, -0.05) is 90.5 Å². The van der Waals surface area contributed by atoms with Crippen molar-refractivity contribution < 1.29 is 4.79 Å². The average molecular weight is 399 g/mol. The number of carbonyl (C=O) groups is 1. The van der Waals surface area contributed by atoms with Crippen LogP contribution in [0.2, 0.25) is 0 Å². The molecular weight excluding hydrogens is 368 g/mol. The summed E-state index contributed by atoms with van der Waals surface area (Å²) in [6.45, 7) is 6.60. The van der Waals surface area contributed by atoms with Gasteiger partial charge in [0, 0.05) is 32.7 Å². The third-order valence-corrected chi connectivity index (χ3v) is 5.94. The van der Waals surface area contributed by atoms with Crippen molar-refractivity contribution in [2.45, 2.75) is 25.8 Å². The second-order valence-electron chi connectivity index (χ2n) is 8.19. The van der Waals surface area contributed by atoms with Crippen LogP contribution < -0.4 is 0 Å². The van der Waals surface area contributed by atoms with Gasteiger partial charge >= 0.3 is 0 Å². The van der Waals surface area contributed by atoms with Crippen molar-refractivity contribution in [2.75, 3.05) is 26.2 Å². The molecule has 1 aliphatic heterocycles. The molecule has 3 aromatic carbocycles. The lowest BCUT2D eigenvalue weighted by atomic mass is 9.90. The van der Waals surface area contributed by atoms with E-state index < -0.39 is 0 Å². The fourth-order valence-electron chi connectivity index (χ4n) is 4.25. The monoisotopic (exact) mass is 398 g/mol. The molecule has 1 amide bonds. The molecule has 1 fully saturated rings. The van der Waals surface area contributed by atoms with Gasteiger partial charge in [-0.05, 0) is 30.0 Å². The number of rotatable bonds is 5. The molecule has 0 unspecified atom stereocenters. The highest BCUT2D eigenvalue weighted by atomic mass is 16.2. The van der Waals surface area contributed by atoms with E-state index >= 15 is 0 Å². The molecule has 0 bridgehead atoms. The number of benzene rings is 3. The lowest BCUT2D eigenvalue weighted by Crippen LogP contribution is -2.38. The highest BCUT2D eigenvalue weighted by Gasteiger charge is 2.28. The SMILES string of the molecule is Cc1ccc(CN2CCCN(C(=O)C(c3ccccc3)c3ccccc3)CC2)cc1. The van der Waals surface area contributed by atoms with E-state index in [1.165, 1.54) is 11.1 Å². The first-order chi connectivity index (χ1) is 14.7. The second kappa shape index (κ2) is 9.73. The summed E-state index contributed by atoms with van der Waals surface area (Å²) >= 11 is 0. The predicted octanol–water partition coefficient (Wildman–Crippen LogP) is 4.86. The zero-order valence-corrected chi connectivity index (χ0v) is 17.7. The Morgan fingerprint density at radius 3 is 1.97 bits per heavy atom. The van der Waals surface area contributed by atoms with Crippen LogP contribution in [-0.4, -0.2) is 41.9 Å². The normalized spacial score (nSPS) is 15.2. The quantitative estimate of drug-likeness (QED) is 0.613. The largest absolute Gasteiger partial charge is 0.341 e. The van der Waals surface area contributed by atoms with Gasteiger partial charge in [0.25, 0.3) is 0 Å². The van der Waals surface area contributed by atoms with Crippen LogP contribution in [0.1, 0.15) is 34.6 Å². The smallest absolute Gasteiger partial charge is 0.234 e. The van der Waals surface area contributed by atoms with Crippen molar-refractivity contribution >= 4 is 5.91 Å². The minimum absolute atomic E-state index is 0.213. The summed E-state index contributed by atoms with van der Waals surface area (Å²) in [6.07, 6.45) is 1.01. The molecule has 1 saturated heterocycles. The standard InChI is InChI=1S/C27H30N2O/c1-22-13-15-23(16-14-22)21-28-17-8-18-29(20-19-28)27(30)26(24-9-4-2-5-10-24)25-11-6-3-7-12-25/h2-7,9-16,26H,8,17-21H2,1H3. The first kappa shape index (κ1) is 20.4. The number of amides is 1. The molecule has 0 saturated carbocycles. The molecule has 0 aliphatic carbocycles. The molecule has 0 aromatic heterocycles. The van der Waals surface area contributed by atoms with Crippen LogP contribution in [0.15, 0.2) is 84.9 Å². The fourth-order valence-corrected chi connectivity index (χ4v) is 4.25. The summed E-state index contributed by atoms with van der Waals surface area (Å²) in [5.41, 5.74) is 4.76. The van der Waals surface area contributed by atoms with Gasteiger partial charge in [0.1, 0.15) is 0 Å².